The summed E-state index contributed by atoms with van der Waals surface area (Å²) in [5.41, 5.74) is 0.721. The number of aryl methyl sites for hydroxylation is 1. The van der Waals surface area contributed by atoms with Gasteiger partial charge in [0.25, 0.3) is 11.8 Å². The lowest BCUT2D eigenvalue weighted by molar-refractivity contribution is -0.130. The number of nitrogens with zero attached hydrogens (tertiary/aromatic N) is 1. The van der Waals surface area contributed by atoms with Crippen LogP contribution in [0.3, 0.4) is 0 Å². The van der Waals surface area contributed by atoms with Gasteiger partial charge in [0.05, 0.1) is 0 Å². The molecule has 3 rings (SSSR count). The Labute approximate surface area is 147 Å². The zero-order valence-corrected chi connectivity index (χ0v) is 14.2. The van der Waals surface area contributed by atoms with Crippen LogP contribution in [0.5, 0.6) is 0 Å². The highest BCUT2D eigenvalue weighted by atomic mass is 32.1. The van der Waals surface area contributed by atoms with E-state index in [1.807, 2.05) is 19.1 Å². The lowest BCUT2D eigenvalue weighted by atomic mass is 10.1. The summed E-state index contributed by atoms with van der Waals surface area (Å²) in [4.78, 5) is 39.4. The first-order chi connectivity index (χ1) is 11.9. The molecule has 1 N–H and O–H groups in total. The molecule has 1 aliphatic heterocycles. The molecular formula is C18H15FN2O3S. The van der Waals surface area contributed by atoms with Crippen LogP contribution in [0.15, 0.2) is 42.0 Å². The van der Waals surface area contributed by atoms with Crippen LogP contribution in [0.1, 0.15) is 15.3 Å². The third-order valence-electron chi connectivity index (χ3n) is 3.77. The van der Waals surface area contributed by atoms with Crippen molar-refractivity contribution in [3.8, 4) is 0 Å². The van der Waals surface area contributed by atoms with E-state index >= 15 is 0 Å². The molecule has 7 heteroatoms. The van der Waals surface area contributed by atoms with Gasteiger partial charge in [0, 0.05) is 16.3 Å². The highest BCUT2D eigenvalue weighted by molar-refractivity contribution is 7.12. The smallest absolute Gasteiger partial charge is 0.273 e. The Morgan fingerprint density at radius 3 is 2.48 bits per heavy atom. The Bertz CT molecular complexity index is 871. The van der Waals surface area contributed by atoms with Crippen molar-refractivity contribution in [1.29, 1.82) is 0 Å². The van der Waals surface area contributed by atoms with E-state index in [1.54, 1.807) is 12.1 Å². The predicted molar refractivity (Wildman–Crippen MR) is 92.4 cm³/mol. The first-order valence-corrected chi connectivity index (χ1v) is 8.45. The molecule has 5 nitrogen and oxygen atoms in total. The third kappa shape index (κ3) is 3.83. The van der Waals surface area contributed by atoms with Crippen LogP contribution >= 0.6 is 11.3 Å². The molecule has 1 aliphatic rings. The van der Waals surface area contributed by atoms with Crippen LogP contribution in [0, 0.1) is 12.7 Å². The van der Waals surface area contributed by atoms with Gasteiger partial charge in [-0.1, -0.05) is 12.1 Å². The van der Waals surface area contributed by atoms with E-state index in [0.29, 0.717) is 6.42 Å². The monoisotopic (exact) mass is 358 g/mol. The van der Waals surface area contributed by atoms with E-state index in [4.69, 9.17) is 0 Å². The Morgan fingerprint density at radius 2 is 1.84 bits per heavy atom. The highest BCUT2D eigenvalue weighted by Gasteiger charge is 2.35. The topological polar surface area (TPSA) is 66.5 Å². The van der Waals surface area contributed by atoms with Gasteiger partial charge in [0.15, 0.2) is 0 Å². The zero-order valence-electron chi connectivity index (χ0n) is 13.4. The minimum absolute atomic E-state index is 0.0689. The number of amides is 4. The number of barbiturate groups is 1. The first-order valence-electron chi connectivity index (χ1n) is 7.64. The van der Waals surface area contributed by atoms with Crippen LogP contribution in [0.4, 0.5) is 9.18 Å². The SMILES string of the molecule is Cc1ccc(/C=C2\C(=O)NC(=O)N(CCc3ccc(F)cc3)C2=O)s1. The molecule has 0 spiro atoms. The van der Waals surface area contributed by atoms with Crippen molar-refractivity contribution in [2.45, 2.75) is 13.3 Å². The summed E-state index contributed by atoms with van der Waals surface area (Å²) in [6.07, 6.45) is 1.87. The minimum atomic E-state index is -0.739. The number of imide groups is 2. The second-order valence-electron chi connectivity index (χ2n) is 5.60. The van der Waals surface area contributed by atoms with E-state index in [-0.39, 0.29) is 17.9 Å². The summed E-state index contributed by atoms with van der Waals surface area (Å²) in [5, 5.41) is 2.19. The summed E-state index contributed by atoms with van der Waals surface area (Å²) in [7, 11) is 0. The Hall–Kier alpha value is -2.80. The van der Waals surface area contributed by atoms with Crippen molar-refractivity contribution in [1.82, 2.24) is 10.2 Å². The molecule has 0 atom stereocenters. The van der Waals surface area contributed by atoms with Gasteiger partial charge in [0.2, 0.25) is 0 Å². The Kier molecular flexibility index (Phi) is 4.76. The number of halogens is 1. The van der Waals surface area contributed by atoms with Crippen molar-refractivity contribution < 1.29 is 18.8 Å². The van der Waals surface area contributed by atoms with Crippen LogP contribution in [0.25, 0.3) is 6.08 Å². The fourth-order valence-corrected chi connectivity index (χ4v) is 3.28. The van der Waals surface area contributed by atoms with Crippen molar-refractivity contribution in [3.05, 3.63) is 63.1 Å². The molecule has 1 fully saturated rings. The average Bonchev–Trinajstić information content (AvgIpc) is 2.98. The van der Waals surface area contributed by atoms with Gasteiger partial charge < -0.3 is 0 Å². The minimum Gasteiger partial charge on any atom is -0.273 e. The van der Waals surface area contributed by atoms with E-state index in [0.717, 1.165) is 20.2 Å². The average molecular weight is 358 g/mol. The number of hydrogen-bond acceptors (Lipinski definition) is 4. The predicted octanol–water partition coefficient (Wildman–Crippen LogP) is 2.90. The molecule has 0 bridgehead atoms. The number of rotatable bonds is 4. The van der Waals surface area contributed by atoms with Gasteiger partial charge in [-0.15, -0.1) is 11.3 Å². The molecule has 2 heterocycles. The van der Waals surface area contributed by atoms with Crippen molar-refractivity contribution in [2.75, 3.05) is 6.54 Å². The van der Waals surface area contributed by atoms with Crippen molar-refractivity contribution in [3.63, 3.8) is 0 Å². The number of carbonyl (C=O) groups excluding carboxylic acids is 3. The normalized spacial score (nSPS) is 16.5. The van der Waals surface area contributed by atoms with E-state index in [1.165, 1.54) is 29.5 Å². The van der Waals surface area contributed by atoms with Crippen LogP contribution in [0.2, 0.25) is 0 Å². The van der Waals surface area contributed by atoms with Gasteiger partial charge in [-0.2, -0.15) is 0 Å². The zero-order chi connectivity index (χ0) is 18.0. The molecule has 1 aromatic heterocycles. The molecule has 0 radical (unpaired) electrons. The fraction of sp³-hybridized carbons (Fsp3) is 0.167. The molecular weight excluding hydrogens is 343 g/mol. The molecule has 0 unspecified atom stereocenters. The first kappa shape index (κ1) is 17.0. The summed E-state index contributed by atoms with van der Waals surface area (Å²) in [5.74, 6) is -1.67. The van der Waals surface area contributed by atoms with Crippen LogP contribution in [-0.2, 0) is 16.0 Å². The molecule has 4 amide bonds. The second kappa shape index (κ2) is 6.98. The maximum Gasteiger partial charge on any atom is 0.331 e. The number of urea groups is 1. The van der Waals surface area contributed by atoms with E-state index in [2.05, 4.69) is 5.32 Å². The van der Waals surface area contributed by atoms with Crippen LogP contribution < -0.4 is 5.32 Å². The Morgan fingerprint density at radius 1 is 1.12 bits per heavy atom. The largest absolute Gasteiger partial charge is 0.331 e. The molecule has 1 saturated heterocycles. The van der Waals surface area contributed by atoms with E-state index in [9.17, 15) is 18.8 Å². The maximum absolute atomic E-state index is 12.9. The molecule has 2 aromatic rings. The number of carbonyl (C=O) groups is 3. The van der Waals surface area contributed by atoms with Gasteiger partial charge in [-0.05, 0) is 49.2 Å². The summed E-state index contributed by atoms with van der Waals surface area (Å²) < 4.78 is 12.9. The van der Waals surface area contributed by atoms with Gasteiger partial charge in [-0.3, -0.25) is 19.8 Å². The lowest BCUT2D eigenvalue weighted by Crippen LogP contribution is -2.54. The summed E-state index contributed by atoms with van der Waals surface area (Å²) in [6.45, 7) is 2.03. The second-order valence-corrected chi connectivity index (χ2v) is 6.92. The third-order valence-corrected chi connectivity index (χ3v) is 4.72. The van der Waals surface area contributed by atoms with Crippen molar-refractivity contribution >= 4 is 35.3 Å². The highest BCUT2D eigenvalue weighted by Crippen LogP contribution is 2.21. The number of thiophene rings is 1. The molecule has 1 aromatic carbocycles. The number of nitrogens with one attached hydrogen (secondary N) is 1. The Balaban J connectivity index is 1.78. The van der Waals surface area contributed by atoms with Gasteiger partial charge in [-0.25, -0.2) is 9.18 Å². The lowest BCUT2D eigenvalue weighted by Gasteiger charge is -2.26. The molecule has 0 saturated carbocycles. The molecule has 128 valence electrons. The maximum atomic E-state index is 12.9. The quantitative estimate of drug-likeness (QED) is 0.675. The molecule has 25 heavy (non-hydrogen) atoms. The van der Waals surface area contributed by atoms with Crippen LogP contribution in [-0.4, -0.2) is 29.3 Å². The molecule has 0 aliphatic carbocycles. The van der Waals surface area contributed by atoms with Gasteiger partial charge in [0.1, 0.15) is 11.4 Å². The fourth-order valence-electron chi connectivity index (χ4n) is 2.46. The van der Waals surface area contributed by atoms with Gasteiger partial charge >= 0.3 is 6.03 Å². The van der Waals surface area contributed by atoms with Crippen molar-refractivity contribution in [2.24, 2.45) is 0 Å². The van der Waals surface area contributed by atoms with E-state index < -0.39 is 17.8 Å². The summed E-state index contributed by atoms with van der Waals surface area (Å²) in [6, 6.07) is 8.79. The number of benzene rings is 1. The number of hydrogen-bond donors (Lipinski definition) is 1. The standard InChI is InChI=1S/C18H15FN2O3S/c1-11-2-7-14(25-11)10-15-16(22)20-18(24)21(17(15)23)9-8-12-3-5-13(19)6-4-12/h2-7,10H,8-9H2,1H3,(H,20,22,24)/b15-10+. The summed E-state index contributed by atoms with van der Waals surface area (Å²) >= 11 is 1.45.